The number of hydrogen-bond donors (Lipinski definition) is 1. The van der Waals surface area contributed by atoms with E-state index in [2.05, 4.69) is 5.32 Å². The van der Waals surface area contributed by atoms with Crippen LogP contribution in [-0.4, -0.2) is 18.9 Å². The van der Waals surface area contributed by atoms with E-state index in [1.54, 1.807) is 0 Å². The highest BCUT2D eigenvalue weighted by atomic mass is 19.1. The van der Waals surface area contributed by atoms with E-state index in [4.69, 9.17) is 0 Å². The predicted molar refractivity (Wildman–Crippen MR) is 86.5 cm³/mol. The smallest absolute Gasteiger partial charge is 0.187 e. The Bertz CT molecular complexity index is 790. The Balaban J connectivity index is 1.99. The van der Waals surface area contributed by atoms with Crippen LogP contribution in [0.15, 0.2) is 47.5 Å². The molecule has 0 aromatic heterocycles. The highest BCUT2D eigenvalue weighted by Crippen LogP contribution is 2.22. The van der Waals surface area contributed by atoms with Gasteiger partial charge >= 0.3 is 0 Å². The Kier molecular flexibility index (Phi) is 4.81. The number of benzene rings is 2. The van der Waals surface area contributed by atoms with Crippen LogP contribution in [0.5, 0.6) is 0 Å². The number of Topliss-reactive ketones (excluding diaryl/α,β-unsaturated/α-hetero) is 1. The molecular weight excluding hydrogens is 334 g/mol. The molecule has 25 heavy (non-hydrogen) atoms. The van der Waals surface area contributed by atoms with Gasteiger partial charge in [-0.05, 0) is 36.4 Å². The summed E-state index contributed by atoms with van der Waals surface area (Å²) in [5.41, 5.74) is -0.437. The maximum Gasteiger partial charge on any atom is 0.187 e. The minimum atomic E-state index is -0.795. The highest BCUT2D eigenvalue weighted by Gasteiger charge is 2.22. The normalized spacial score (nSPS) is 18.2. The van der Waals surface area contributed by atoms with E-state index < -0.39 is 29.1 Å². The fraction of sp³-hybridized carbons (Fsp3) is 0.105. The van der Waals surface area contributed by atoms with Gasteiger partial charge in [-0.25, -0.2) is 17.6 Å². The fourth-order valence-electron chi connectivity index (χ4n) is 2.58. The monoisotopic (exact) mass is 347 g/mol. The molecule has 2 nitrogen and oxygen atoms in total. The van der Waals surface area contributed by atoms with Gasteiger partial charge in [0, 0.05) is 35.4 Å². The third-order valence-electron chi connectivity index (χ3n) is 3.85. The van der Waals surface area contributed by atoms with Crippen molar-refractivity contribution in [3.8, 4) is 0 Å². The molecule has 3 rings (SSSR count). The van der Waals surface area contributed by atoms with Gasteiger partial charge < -0.3 is 5.32 Å². The van der Waals surface area contributed by atoms with Crippen LogP contribution < -0.4 is 5.32 Å². The van der Waals surface area contributed by atoms with E-state index in [1.807, 2.05) is 0 Å². The van der Waals surface area contributed by atoms with Crippen molar-refractivity contribution < 1.29 is 22.4 Å². The zero-order valence-electron chi connectivity index (χ0n) is 13.0. The maximum atomic E-state index is 13.8. The molecule has 0 spiro atoms. The summed E-state index contributed by atoms with van der Waals surface area (Å²) in [6.45, 7) is 0.202. The summed E-state index contributed by atoms with van der Waals surface area (Å²) in [7, 11) is 0. The van der Waals surface area contributed by atoms with Crippen molar-refractivity contribution in [2.45, 2.75) is 0 Å². The molecule has 0 unspecified atom stereocenters. The first-order chi connectivity index (χ1) is 12.0. The van der Waals surface area contributed by atoms with E-state index in [-0.39, 0.29) is 35.4 Å². The van der Waals surface area contributed by atoms with E-state index in [0.717, 1.165) is 36.4 Å². The zero-order chi connectivity index (χ0) is 18.0. The van der Waals surface area contributed by atoms with Crippen molar-refractivity contribution in [1.29, 1.82) is 0 Å². The number of piperidine rings is 1. The number of carbonyl (C=O) groups is 1. The Morgan fingerprint density at radius 1 is 0.720 bits per heavy atom. The molecule has 1 saturated heterocycles. The second kappa shape index (κ2) is 7.03. The summed E-state index contributed by atoms with van der Waals surface area (Å²) in [6.07, 6.45) is 2.23. The van der Waals surface area contributed by atoms with Crippen molar-refractivity contribution in [2.24, 2.45) is 0 Å². The van der Waals surface area contributed by atoms with Gasteiger partial charge in [0.1, 0.15) is 23.3 Å². The summed E-state index contributed by atoms with van der Waals surface area (Å²) in [5, 5.41) is 2.89. The molecule has 6 heteroatoms. The molecule has 2 aromatic carbocycles. The van der Waals surface area contributed by atoms with Crippen molar-refractivity contribution in [3.63, 3.8) is 0 Å². The molecule has 1 N–H and O–H groups in total. The molecule has 0 aliphatic carbocycles. The Morgan fingerprint density at radius 2 is 1.08 bits per heavy atom. The number of rotatable bonds is 2. The van der Waals surface area contributed by atoms with Crippen molar-refractivity contribution in [3.05, 3.63) is 81.9 Å². The molecule has 0 amide bonds. The number of nitrogens with one attached hydrogen (secondary N) is 1. The lowest BCUT2D eigenvalue weighted by Gasteiger charge is -2.18. The molecular formula is C19H13F4NO. The SMILES string of the molecule is O=C1/C(=C/c2c(F)cccc2F)CNC/C1=C\c1c(F)cccc1F. The van der Waals surface area contributed by atoms with Crippen molar-refractivity contribution in [1.82, 2.24) is 5.32 Å². The highest BCUT2D eigenvalue weighted by molar-refractivity contribution is 6.14. The number of ketones is 1. The van der Waals surface area contributed by atoms with Gasteiger partial charge in [-0.3, -0.25) is 4.79 Å². The summed E-state index contributed by atoms with van der Waals surface area (Å²) < 4.78 is 55.0. The largest absolute Gasteiger partial charge is 0.308 e. The van der Waals surface area contributed by atoms with Crippen LogP contribution in [0.4, 0.5) is 17.6 Å². The lowest BCUT2D eigenvalue weighted by molar-refractivity contribution is -0.112. The number of halogens is 4. The van der Waals surface area contributed by atoms with E-state index >= 15 is 0 Å². The average Bonchev–Trinajstić information content (AvgIpc) is 2.57. The third-order valence-corrected chi connectivity index (χ3v) is 3.85. The van der Waals surface area contributed by atoms with Crippen LogP contribution in [0, 0.1) is 23.3 Å². The number of carbonyl (C=O) groups excluding carboxylic acids is 1. The minimum Gasteiger partial charge on any atom is -0.308 e. The summed E-state index contributed by atoms with van der Waals surface area (Å²) in [4.78, 5) is 12.5. The van der Waals surface area contributed by atoms with E-state index in [9.17, 15) is 22.4 Å². The fourth-order valence-corrected chi connectivity index (χ4v) is 2.58. The van der Waals surface area contributed by atoms with Crippen LogP contribution in [0.25, 0.3) is 12.2 Å². The predicted octanol–water partition coefficient (Wildman–Crippen LogP) is 3.88. The summed E-state index contributed by atoms with van der Waals surface area (Å²) >= 11 is 0. The van der Waals surface area contributed by atoms with Crippen LogP contribution in [0.3, 0.4) is 0 Å². The maximum absolute atomic E-state index is 13.8. The van der Waals surface area contributed by atoms with Crippen molar-refractivity contribution >= 4 is 17.9 Å². The molecule has 1 aliphatic heterocycles. The summed E-state index contributed by atoms with van der Waals surface area (Å²) in [6, 6.07) is 6.78. The lowest BCUT2D eigenvalue weighted by Crippen LogP contribution is -2.33. The molecule has 1 heterocycles. The van der Waals surface area contributed by atoms with Gasteiger partial charge in [0.05, 0.1) is 0 Å². The second-order valence-corrected chi connectivity index (χ2v) is 5.54. The van der Waals surface area contributed by atoms with Crippen LogP contribution in [0.2, 0.25) is 0 Å². The third kappa shape index (κ3) is 3.53. The average molecular weight is 347 g/mol. The molecule has 1 fully saturated rings. The molecule has 2 aromatic rings. The van der Waals surface area contributed by atoms with E-state index in [0.29, 0.717) is 0 Å². The quantitative estimate of drug-likeness (QED) is 0.660. The molecule has 128 valence electrons. The second-order valence-electron chi connectivity index (χ2n) is 5.54. The minimum absolute atomic E-state index is 0.101. The first kappa shape index (κ1) is 17.1. The lowest BCUT2D eigenvalue weighted by atomic mass is 9.95. The molecule has 0 atom stereocenters. The topological polar surface area (TPSA) is 29.1 Å². The zero-order valence-corrected chi connectivity index (χ0v) is 13.0. The van der Waals surface area contributed by atoms with Gasteiger partial charge in [-0.15, -0.1) is 0 Å². The van der Waals surface area contributed by atoms with Crippen molar-refractivity contribution in [2.75, 3.05) is 13.1 Å². The van der Waals surface area contributed by atoms with Gasteiger partial charge in [-0.2, -0.15) is 0 Å². The first-order valence-corrected chi connectivity index (χ1v) is 7.52. The Morgan fingerprint density at radius 3 is 1.44 bits per heavy atom. The van der Waals surface area contributed by atoms with Crippen LogP contribution in [-0.2, 0) is 4.79 Å². The van der Waals surface area contributed by atoms with E-state index in [1.165, 1.54) is 12.1 Å². The number of hydrogen-bond acceptors (Lipinski definition) is 2. The molecule has 0 bridgehead atoms. The Labute approximate surface area is 141 Å². The van der Waals surface area contributed by atoms with Crippen LogP contribution >= 0.6 is 0 Å². The standard InChI is InChI=1S/C19H13F4NO/c20-15-3-1-4-16(21)13(15)7-11-9-24-10-12(19(11)25)8-14-17(22)5-2-6-18(14)23/h1-8,24H,9-10H2/b11-7+,12-8+. The van der Waals surface area contributed by atoms with Gasteiger partial charge in [0.25, 0.3) is 0 Å². The molecule has 0 radical (unpaired) electrons. The molecule has 1 aliphatic rings. The Hall–Kier alpha value is -2.73. The summed E-state index contributed by atoms with van der Waals surface area (Å²) in [5.74, 6) is -3.69. The van der Waals surface area contributed by atoms with Gasteiger partial charge in [0.2, 0.25) is 0 Å². The first-order valence-electron chi connectivity index (χ1n) is 7.52. The van der Waals surface area contributed by atoms with Gasteiger partial charge in [-0.1, -0.05) is 12.1 Å². The molecule has 0 saturated carbocycles. The van der Waals surface area contributed by atoms with Gasteiger partial charge in [0.15, 0.2) is 5.78 Å². The van der Waals surface area contributed by atoms with Crippen LogP contribution in [0.1, 0.15) is 11.1 Å².